The molecule has 3 rings (SSSR count). The molecule has 0 atom stereocenters. The van der Waals surface area contributed by atoms with Crippen LogP contribution < -0.4 is 15.0 Å². The van der Waals surface area contributed by atoms with Crippen molar-refractivity contribution in [1.82, 2.24) is 5.32 Å². The topological polar surface area (TPSA) is 61.8 Å². The van der Waals surface area contributed by atoms with Crippen molar-refractivity contribution in [2.24, 2.45) is 0 Å². The summed E-state index contributed by atoms with van der Waals surface area (Å²) in [6.07, 6.45) is 3.61. The van der Waals surface area contributed by atoms with Gasteiger partial charge in [0.25, 0.3) is 0 Å². The Morgan fingerprint density at radius 1 is 1.19 bits per heavy atom. The minimum Gasteiger partial charge on any atom is -0.493 e. The molecule has 0 bridgehead atoms. The quantitative estimate of drug-likeness (QED) is 0.464. The third kappa shape index (κ3) is 6.76. The molecular weight excluding hydrogens is 435 g/mol. The highest BCUT2D eigenvalue weighted by Gasteiger charge is 2.22. The number of hydrogen-bond acceptors (Lipinski definition) is 4. The summed E-state index contributed by atoms with van der Waals surface area (Å²) in [7, 11) is 0. The molecule has 168 valence electrons. The zero-order valence-electron chi connectivity index (χ0n) is 17.9. The van der Waals surface area contributed by atoms with Gasteiger partial charge in [0, 0.05) is 25.6 Å². The number of carboxylic acid groups (broad SMARTS) is 1. The van der Waals surface area contributed by atoms with E-state index in [1.165, 1.54) is 0 Å². The largest absolute Gasteiger partial charge is 0.493 e. The Morgan fingerprint density at radius 2 is 1.94 bits per heavy atom. The van der Waals surface area contributed by atoms with Crippen molar-refractivity contribution in [1.29, 1.82) is 0 Å². The number of carbonyl (C=O) groups is 1. The molecule has 2 N–H and O–H groups in total. The van der Waals surface area contributed by atoms with Gasteiger partial charge in [-0.1, -0.05) is 47.5 Å². The van der Waals surface area contributed by atoms with Crippen molar-refractivity contribution in [3.8, 4) is 5.75 Å². The first-order chi connectivity index (χ1) is 15.0. The molecule has 2 aromatic rings. The van der Waals surface area contributed by atoms with E-state index < -0.39 is 5.97 Å². The Morgan fingerprint density at radius 3 is 2.68 bits per heavy atom. The highest BCUT2D eigenvalue weighted by molar-refractivity contribution is 6.43. The Balaban J connectivity index is 1.38. The highest BCUT2D eigenvalue weighted by Crippen LogP contribution is 2.36. The summed E-state index contributed by atoms with van der Waals surface area (Å²) in [5.41, 5.74) is 3.16. The second-order valence-electron chi connectivity index (χ2n) is 7.95. The number of nitrogens with zero attached hydrogens (tertiary/aromatic N) is 1. The zero-order valence-corrected chi connectivity index (χ0v) is 19.4. The summed E-state index contributed by atoms with van der Waals surface area (Å²) < 4.78 is 5.90. The molecular formula is C24H30Cl2N2O3. The SMILES string of the molecule is Cc1ccc(Cl)c(Cl)c1N1CCC(NCCCOc2ccccc2CCC(=O)O)CC1. The van der Waals surface area contributed by atoms with Gasteiger partial charge in [-0.2, -0.15) is 0 Å². The lowest BCUT2D eigenvalue weighted by atomic mass is 10.0. The average Bonchev–Trinajstić information content (AvgIpc) is 2.76. The molecule has 0 aromatic heterocycles. The van der Waals surface area contributed by atoms with Crippen LogP contribution in [0.2, 0.25) is 10.0 Å². The Labute approximate surface area is 194 Å². The van der Waals surface area contributed by atoms with Crippen molar-refractivity contribution in [2.45, 2.75) is 45.1 Å². The van der Waals surface area contributed by atoms with Crippen LogP contribution in [0.15, 0.2) is 36.4 Å². The maximum Gasteiger partial charge on any atom is 0.303 e. The van der Waals surface area contributed by atoms with Crippen molar-refractivity contribution < 1.29 is 14.6 Å². The molecule has 2 aromatic carbocycles. The van der Waals surface area contributed by atoms with Gasteiger partial charge in [-0.15, -0.1) is 0 Å². The molecule has 0 amide bonds. The fourth-order valence-corrected chi connectivity index (χ4v) is 4.47. The van der Waals surface area contributed by atoms with Gasteiger partial charge in [-0.05, 0) is 62.4 Å². The van der Waals surface area contributed by atoms with E-state index in [0.29, 0.717) is 29.1 Å². The molecule has 1 aliphatic rings. The summed E-state index contributed by atoms with van der Waals surface area (Å²) in [6, 6.07) is 12.0. The normalized spacial score (nSPS) is 14.6. The summed E-state index contributed by atoms with van der Waals surface area (Å²) in [5.74, 6) is -0.0105. The van der Waals surface area contributed by atoms with Gasteiger partial charge >= 0.3 is 5.97 Å². The van der Waals surface area contributed by atoms with E-state index in [9.17, 15) is 4.79 Å². The lowest BCUT2D eigenvalue weighted by Gasteiger charge is -2.35. The van der Waals surface area contributed by atoms with Gasteiger partial charge in [-0.25, -0.2) is 0 Å². The second kappa shape index (κ2) is 11.6. The number of para-hydroxylation sites is 1. The molecule has 0 radical (unpaired) electrons. The Bertz CT molecular complexity index is 883. The third-order valence-electron chi connectivity index (χ3n) is 5.67. The molecule has 0 spiro atoms. The van der Waals surface area contributed by atoms with Crippen LogP contribution in [0.5, 0.6) is 5.75 Å². The van der Waals surface area contributed by atoms with Crippen molar-refractivity contribution in [2.75, 3.05) is 31.1 Å². The first-order valence-electron chi connectivity index (χ1n) is 10.8. The maximum absolute atomic E-state index is 10.8. The molecule has 7 heteroatoms. The van der Waals surface area contributed by atoms with Gasteiger partial charge in [0.1, 0.15) is 5.75 Å². The summed E-state index contributed by atoms with van der Waals surface area (Å²) in [5, 5.41) is 13.8. The number of nitrogens with one attached hydrogen (secondary N) is 1. The van der Waals surface area contributed by atoms with E-state index in [0.717, 1.165) is 61.5 Å². The van der Waals surface area contributed by atoms with Gasteiger partial charge in [-0.3, -0.25) is 4.79 Å². The van der Waals surface area contributed by atoms with Crippen molar-refractivity contribution >= 4 is 34.9 Å². The van der Waals surface area contributed by atoms with Crippen molar-refractivity contribution in [3.05, 3.63) is 57.6 Å². The molecule has 31 heavy (non-hydrogen) atoms. The molecule has 5 nitrogen and oxygen atoms in total. The second-order valence-corrected chi connectivity index (χ2v) is 8.73. The number of rotatable bonds is 10. The van der Waals surface area contributed by atoms with E-state index in [-0.39, 0.29) is 6.42 Å². The molecule has 0 aliphatic carbocycles. The van der Waals surface area contributed by atoms with Crippen LogP contribution in [0.3, 0.4) is 0 Å². The number of ether oxygens (including phenoxy) is 1. The van der Waals surface area contributed by atoms with Crippen LogP contribution in [0.25, 0.3) is 0 Å². The van der Waals surface area contributed by atoms with Gasteiger partial charge < -0.3 is 20.1 Å². The first-order valence-corrected chi connectivity index (χ1v) is 11.6. The summed E-state index contributed by atoms with van der Waals surface area (Å²) in [6.45, 7) is 5.46. The van der Waals surface area contributed by atoms with E-state index in [4.69, 9.17) is 33.0 Å². The molecule has 0 saturated carbocycles. The molecule has 0 unspecified atom stereocenters. The van der Waals surface area contributed by atoms with E-state index in [2.05, 4.69) is 17.1 Å². The number of benzene rings is 2. The van der Waals surface area contributed by atoms with Crippen LogP contribution >= 0.6 is 23.2 Å². The number of aliphatic carboxylic acids is 1. The van der Waals surface area contributed by atoms with Gasteiger partial charge in [0.2, 0.25) is 0 Å². The smallest absolute Gasteiger partial charge is 0.303 e. The van der Waals surface area contributed by atoms with Crippen LogP contribution in [-0.2, 0) is 11.2 Å². The van der Waals surface area contributed by atoms with E-state index in [1.54, 1.807) is 0 Å². The Hall–Kier alpha value is -1.95. The number of halogens is 2. The van der Waals surface area contributed by atoms with Crippen LogP contribution in [0.1, 0.15) is 36.8 Å². The minimum atomic E-state index is -0.794. The predicted molar refractivity (Wildman–Crippen MR) is 127 cm³/mol. The number of carboxylic acids is 1. The lowest BCUT2D eigenvalue weighted by Crippen LogP contribution is -2.43. The predicted octanol–water partition coefficient (Wildman–Crippen LogP) is 5.35. The fourth-order valence-electron chi connectivity index (χ4n) is 3.99. The number of anilines is 1. The third-order valence-corrected chi connectivity index (χ3v) is 6.47. The van der Waals surface area contributed by atoms with Crippen LogP contribution in [-0.4, -0.2) is 43.4 Å². The van der Waals surface area contributed by atoms with E-state index >= 15 is 0 Å². The monoisotopic (exact) mass is 464 g/mol. The maximum atomic E-state index is 10.8. The summed E-state index contributed by atoms with van der Waals surface area (Å²) >= 11 is 12.7. The summed E-state index contributed by atoms with van der Waals surface area (Å²) in [4.78, 5) is 13.2. The standard InChI is InChI=1S/C24H30Cl2N2O3/c1-17-7-9-20(25)23(26)24(17)28-14-11-19(12-15-28)27-13-4-16-31-21-6-3-2-5-18(21)8-10-22(29)30/h2-3,5-7,9,19,27H,4,8,10-16H2,1H3,(H,29,30). The molecule has 1 saturated heterocycles. The Kier molecular flexibility index (Phi) is 8.88. The lowest BCUT2D eigenvalue weighted by molar-refractivity contribution is -0.136. The number of piperidine rings is 1. The molecule has 1 aliphatic heterocycles. The minimum absolute atomic E-state index is 0.112. The number of hydrogen-bond donors (Lipinski definition) is 2. The van der Waals surface area contributed by atoms with Crippen LogP contribution in [0.4, 0.5) is 5.69 Å². The van der Waals surface area contributed by atoms with E-state index in [1.807, 2.05) is 36.4 Å². The molecule has 1 heterocycles. The zero-order chi connectivity index (χ0) is 22.2. The first kappa shape index (κ1) is 23.7. The average molecular weight is 465 g/mol. The van der Waals surface area contributed by atoms with Crippen LogP contribution in [0, 0.1) is 6.92 Å². The highest BCUT2D eigenvalue weighted by atomic mass is 35.5. The van der Waals surface area contributed by atoms with Gasteiger partial charge in [0.15, 0.2) is 0 Å². The molecule has 1 fully saturated rings. The fraction of sp³-hybridized carbons (Fsp3) is 0.458. The number of aryl methyl sites for hydroxylation is 2. The van der Waals surface area contributed by atoms with Crippen molar-refractivity contribution in [3.63, 3.8) is 0 Å². The van der Waals surface area contributed by atoms with Gasteiger partial charge in [0.05, 0.1) is 22.3 Å².